The Hall–Kier alpha value is -1.84. The van der Waals surface area contributed by atoms with Crippen LogP contribution in [0.3, 0.4) is 0 Å². The summed E-state index contributed by atoms with van der Waals surface area (Å²) in [5.74, 6) is 0.337. The molecule has 0 spiro atoms. The van der Waals surface area contributed by atoms with Crippen LogP contribution in [0.15, 0.2) is 24.3 Å². The van der Waals surface area contributed by atoms with Crippen molar-refractivity contribution in [2.75, 3.05) is 20.2 Å². The van der Waals surface area contributed by atoms with E-state index in [4.69, 9.17) is 0 Å². The van der Waals surface area contributed by atoms with Crippen molar-refractivity contribution in [3.63, 3.8) is 0 Å². The Morgan fingerprint density at radius 3 is 2.86 bits per heavy atom. The van der Waals surface area contributed by atoms with Crippen molar-refractivity contribution < 1.29 is 14.3 Å². The monoisotopic (exact) mass is 303 g/mol. The second-order valence-corrected chi connectivity index (χ2v) is 6.02. The van der Waals surface area contributed by atoms with Gasteiger partial charge in [0.1, 0.15) is 0 Å². The lowest BCUT2D eigenvalue weighted by atomic mass is 9.89. The number of hydrogen-bond donors (Lipinski definition) is 0. The van der Waals surface area contributed by atoms with Gasteiger partial charge in [0.2, 0.25) is 5.91 Å². The van der Waals surface area contributed by atoms with E-state index in [1.165, 1.54) is 18.2 Å². The molecule has 22 heavy (non-hydrogen) atoms. The normalized spacial score (nSPS) is 18.1. The van der Waals surface area contributed by atoms with Gasteiger partial charge in [-0.3, -0.25) is 9.59 Å². The van der Waals surface area contributed by atoms with Crippen LogP contribution in [0.25, 0.3) is 0 Å². The van der Waals surface area contributed by atoms with Crippen LogP contribution in [0, 0.1) is 6.92 Å². The molecule has 1 amide bonds. The van der Waals surface area contributed by atoms with Gasteiger partial charge in [-0.05, 0) is 31.7 Å². The molecule has 0 unspecified atom stereocenters. The smallest absolute Gasteiger partial charge is 0.305 e. The van der Waals surface area contributed by atoms with Crippen LogP contribution in [0.2, 0.25) is 0 Å². The van der Waals surface area contributed by atoms with Crippen molar-refractivity contribution in [1.29, 1.82) is 0 Å². The van der Waals surface area contributed by atoms with Crippen molar-refractivity contribution in [2.45, 2.75) is 44.9 Å². The van der Waals surface area contributed by atoms with E-state index in [9.17, 15) is 9.59 Å². The Labute approximate surface area is 132 Å². The average Bonchev–Trinajstić information content (AvgIpc) is 2.54. The third-order valence-corrected chi connectivity index (χ3v) is 4.29. The van der Waals surface area contributed by atoms with Gasteiger partial charge < -0.3 is 9.64 Å². The molecule has 0 radical (unpaired) electrons. The van der Waals surface area contributed by atoms with Crippen LogP contribution < -0.4 is 0 Å². The summed E-state index contributed by atoms with van der Waals surface area (Å²) >= 11 is 0. The number of carbonyl (C=O) groups is 2. The highest BCUT2D eigenvalue weighted by Crippen LogP contribution is 2.27. The fourth-order valence-electron chi connectivity index (χ4n) is 3.04. The molecule has 1 aromatic carbocycles. The molecule has 1 aromatic rings. The number of aryl methyl sites for hydroxylation is 1. The van der Waals surface area contributed by atoms with Crippen LogP contribution in [0.4, 0.5) is 0 Å². The minimum Gasteiger partial charge on any atom is -0.469 e. The molecule has 1 saturated heterocycles. The molecule has 0 aliphatic carbocycles. The van der Waals surface area contributed by atoms with Gasteiger partial charge in [-0.25, -0.2) is 0 Å². The van der Waals surface area contributed by atoms with E-state index in [-0.39, 0.29) is 11.9 Å². The van der Waals surface area contributed by atoms with E-state index in [1.807, 2.05) is 4.90 Å². The van der Waals surface area contributed by atoms with Crippen LogP contribution >= 0.6 is 0 Å². The lowest BCUT2D eigenvalue weighted by molar-refractivity contribution is -0.141. The third kappa shape index (κ3) is 4.58. The van der Waals surface area contributed by atoms with E-state index in [1.54, 1.807) is 0 Å². The van der Waals surface area contributed by atoms with Crippen molar-refractivity contribution in [2.24, 2.45) is 0 Å². The zero-order valence-electron chi connectivity index (χ0n) is 13.5. The fraction of sp³-hybridized carbons (Fsp3) is 0.556. The van der Waals surface area contributed by atoms with Gasteiger partial charge in [-0.15, -0.1) is 0 Å². The molecule has 4 nitrogen and oxygen atoms in total. The molecule has 1 atom stereocenters. The number of benzene rings is 1. The molecule has 120 valence electrons. The lowest BCUT2D eigenvalue weighted by Gasteiger charge is -2.33. The van der Waals surface area contributed by atoms with Crippen molar-refractivity contribution in [1.82, 2.24) is 4.90 Å². The summed E-state index contributed by atoms with van der Waals surface area (Å²) in [4.78, 5) is 25.3. The van der Waals surface area contributed by atoms with E-state index in [2.05, 4.69) is 35.9 Å². The zero-order chi connectivity index (χ0) is 15.9. The summed E-state index contributed by atoms with van der Waals surface area (Å²) in [6.07, 6.45) is 3.49. The standard InChI is InChI=1S/C18H25NO3/c1-14-6-3-7-15(12-14)16-8-5-11-19(13-16)17(20)9-4-10-18(21)22-2/h3,6-7,12,16H,4-5,8-11,13H2,1-2H3/t16-/m0/s1. The molecule has 0 saturated carbocycles. The molecular weight excluding hydrogens is 278 g/mol. The fourth-order valence-corrected chi connectivity index (χ4v) is 3.04. The quantitative estimate of drug-likeness (QED) is 0.785. The summed E-state index contributed by atoms with van der Waals surface area (Å²) < 4.78 is 4.60. The van der Waals surface area contributed by atoms with Crippen molar-refractivity contribution in [3.05, 3.63) is 35.4 Å². The number of ether oxygens (including phenoxy) is 1. The Morgan fingerprint density at radius 2 is 2.14 bits per heavy atom. The number of hydrogen-bond acceptors (Lipinski definition) is 3. The molecule has 1 aliphatic heterocycles. The SMILES string of the molecule is COC(=O)CCCC(=O)N1CCC[C@H](c2cccc(C)c2)C1. The Morgan fingerprint density at radius 1 is 1.32 bits per heavy atom. The summed E-state index contributed by atoms with van der Waals surface area (Å²) in [7, 11) is 1.38. The Kier molecular flexibility index (Phi) is 5.99. The van der Waals surface area contributed by atoms with E-state index in [0.29, 0.717) is 25.2 Å². The van der Waals surface area contributed by atoms with Gasteiger partial charge >= 0.3 is 5.97 Å². The molecule has 0 bridgehead atoms. The first kappa shape index (κ1) is 16.5. The second kappa shape index (κ2) is 7.97. The maximum atomic E-state index is 12.3. The molecule has 2 rings (SSSR count). The van der Waals surface area contributed by atoms with E-state index >= 15 is 0 Å². The number of rotatable bonds is 5. The number of carbonyl (C=O) groups excluding carboxylic acids is 2. The Balaban J connectivity index is 1.87. The molecule has 4 heteroatoms. The van der Waals surface area contributed by atoms with Gasteiger partial charge in [0.15, 0.2) is 0 Å². The summed E-state index contributed by atoms with van der Waals surface area (Å²) in [6, 6.07) is 8.56. The van der Waals surface area contributed by atoms with Crippen LogP contribution in [-0.2, 0) is 14.3 Å². The van der Waals surface area contributed by atoms with E-state index < -0.39 is 0 Å². The van der Waals surface area contributed by atoms with Gasteiger partial charge in [-0.1, -0.05) is 29.8 Å². The molecule has 0 aromatic heterocycles. The first-order valence-corrected chi connectivity index (χ1v) is 8.01. The van der Waals surface area contributed by atoms with Crippen LogP contribution in [0.1, 0.15) is 49.1 Å². The molecule has 0 N–H and O–H groups in total. The van der Waals surface area contributed by atoms with Gasteiger partial charge in [0.25, 0.3) is 0 Å². The van der Waals surface area contributed by atoms with Crippen LogP contribution in [-0.4, -0.2) is 37.0 Å². The summed E-state index contributed by atoms with van der Waals surface area (Å²) in [6.45, 7) is 3.72. The Bertz CT molecular complexity index is 527. The summed E-state index contributed by atoms with van der Waals surface area (Å²) in [5, 5.41) is 0. The number of methoxy groups -OCH3 is 1. The first-order chi connectivity index (χ1) is 10.6. The number of piperidine rings is 1. The number of amides is 1. The van der Waals surface area contributed by atoms with Crippen molar-refractivity contribution >= 4 is 11.9 Å². The highest BCUT2D eigenvalue weighted by Gasteiger charge is 2.24. The maximum absolute atomic E-state index is 12.3. The van der Waals surface area contributed by atoms with Crippen molar-refractivity contribution in [3.8, 4) is 0 Å². The average molecular weight is 303 g/mol. The van der Waals surface area contributed by atoms with Gasteiger partial charge in [-0.2, -0.15) is 0 Å². The largest absolute Gasteiger partial charge is 0.469 e. The van der Waals surface area contributed by atoms with Crippen LogP contribution in [0.5, 0.6) is 0 Å². The highest BCUT2D eigenvalue weighted by atomic mass is 16.5. The predicted molar refractivity (Wildman–Crippen MR) is 85.6 cm³/mol. The molecular formula is C18H25NO3. The zero-order valence-corrected chi connectivity index (χ0v) is 13.5. The first-order valence-electron chi connectivity index (χ1n) is 8.01. The van der Waals surface area contributed by atoms with Gasteiger partial charge in [0, 0.05) is 31.8 Å². The van der Waals surface area contributed by atoms with Gasteiger partial charge in [0.05, 0.1) is 7.11 Å². The summed E-state index contributed by atoms with van der Waals surface area (Å²) in [5.41, 5.74) is 2.59. The van der Waals surface area contributed by atoms with E-state index in [0.717, 1.165) is 25.9 Å². The topological polar surface area (TPSA) is 46.6 Å². The highest BCUT2D eigenvalue weighted by molar-refractivity contribution is 5.77. The number of likely N-dealkylation sites (tertiary alicyclic amines) is 1. The number of esters is 1. The second-order valence-electron chi connectivity index (χ2n) is 6.02. The minimum atomic E-state index is -0.246. The third-order valence-electron chi connectivity index (χ3n) is 4.29. The lowest BCUT2D eigenvalue weighted by Crippen LogP contribution is -2.39. The molecule has 1 fully saturated rings. The number of nitrogens with zero attached hydrogens (tertiary/aromatic N) is 1. The molecule has 1 heterocycles. The molecule has 1 aliphatic rings. The minimum absolute atomic E-state index is 0.154. The predicted octanol–water partition coefficient (Wildman–Crippen LogP) is 3.04. The maximum Gasteiger partial charge on any atom is 0.305 e.